The van der Waals surface area contributed by atoms with Crippen molar-refractivity contribution in [3.8, 4) is 0 Å². The average Bonchev–Trinajstić information content (AvgIpc) is 2.19. The third-order valence-electron chi connectivity index (χ3n) is 2.51. The molecule has 0 aromatic heterocycles. The smallest absolute Gasteiger partial charge is 0.320 e. The Labute approximate surface area is 100 Å². The van der Waals surface area contributed by atoms with Gasteiger partial charge in [0.05, 0.1) is 4.90 Å². The molecule has 1 rings (SSSR count). The maximum Gasteiger partial charge on any atom is 0.320 e. The van der Waals surface area contributed by atoms with Gasteiger partial charge in [-0.15, -0.1) is 0 Å². The van der Waals surface area contributed by atoms with Crippen LogP contribution in [-0.4, -0.2) is 31.8 Å². The van der Waals surface area contributed by atoms with Crippen LogP contribution in [0.25, 0.3) is 0 Å². The first kappa shape index (κ1) is 13.7. The monoisotopic (exact) mass is 257 g/mol. The molecule has 3 N–H and O–H groups in total. The Morgan fingerprint density at radius 1 is 1.47 bits per heavy atom. The fourth-order valence-electron chi connectivity index (χ4n) is 1.42. The number of hydrogen-bond donors (Lipinski definition) is 2. The van der Waals surface area contributed by atoms with E-state index < -0.39 is 21.8 Å². The summed E-state index contributed by atoms with van der Waals surface area (Å²) < 4.78 is 22.7. The Balaban J connectivity index is 3.12. The van der Waals surface area contributed by atoms with E-state index in [1.807, 2.05) is 0 Å². The molecule has 0 spiro atoms. The molecule has 0 amide bonds. The van der Waals surface area contributed by atoms with E-state index in [2.05, 4.69) is 0 Å². The lowest BCUT2D eigenvalue weighted by atomic mass is 10.0. The maximum absolute atomic E-state index is 11.4. The van der Waals surface area contributed by atoms with Gasteiger partial charge >= 0.3 is 5.97 Å². The molecule has 5 nitrogen and oxygen atoms in total. The summed E-state index contributed by atoms with van der Waals surface area (Å²) in [5, 5.41) is 8.72. The third-order valence-corrected chi connectivity index (χ3v) is 3.62. The Morgan fingerprint density at radius 2 is 2.06 bits per heavy atom. The van der Waals surface area contributed by atoms with E-state index in [1.165, 1.54) is 12.1 Å². The number of aryl methyl sites for hydroxylation is 1. The van der Waals surface area contributed by atoms with Gasteiger partial charge < -0.3 is 10.8 Å². The van der Waals surface area contributed by atoms with Gasteiger partial charge in [0.15, 0.2) is 9.84 Å². The van der Waals surface area contributed by atoms with Gasteiger partial charge in [0.2, 0.25) is 0 Å². The van der Waals surface area contributed by atoms with Crippen molar-refractivity contribution in [2.45, 2.75) is 24.3 Å². The van der Waals surface area contributed by atoms with Crippen molar-refractivity contribution >= 4 is 15.8 Å². The predicted octanol–water partition coefficient (Wildman–Crippen LogP) is 0.353. The summed E-state index contributed by atoms with van der Waals surface area (Å²) >= 11 is 0. The fraction of sp³-hybridized carbons (Fsp3) is 0.364. The molecular weight excluding hydrogens is 242 g/mol. The Bertz CT molecular complexity index is 536. The number of rotatable bonds is 4. The highest BCUT2D eigenvalue weighted by molar-refractivity contribution is 7.90. The molecule has 6 heteroatoms. The molecule has 0 radical (unpaired) electrons. The van der Waals surface area contributed by atoms with Crippen molar-refractivity contribution in [3.05, 3.63) is 29.3 Å². The number of aliphatic carboxylic acids is 1. The summed E-state index contributed by atoms with van der Waals surface area (Å²) in [6.45, 7) is 1.79. The van der Waals surface area contributed by atoms with Crippen LogP contribution in [0.1, 0.15) is 11.1 Å². The first-order chi connectivity index (χ1) is 7.71. The van der Waals surface area contributed by atoms with Crippen LogP contribution >= 0.6 is 0 Å². The summed E-state index contributed by atoms with van der Waals surface area (Å²) in [7, 11) is -3.29. The molecule has 1 aromatic carbocycles. The minimum atomic E-state index is -3.29. The molecular formula is C11H15NO4S. The van der Waals surface area contributed by atoms with E-state index >= 15 is 0 Å². The molecule has 0 aliphatic heterocycles. The van der Waals surface area contributed by atoms with Crippen molar-refractivity contribution in [2.24, 2.45) is 5.73 Å². The maximum atomic E-state index is 11.4. The lowest BCUT2D eigenvalue weighted by Crippen LogP contribution is -2.32. The van der Waals surface area contributed by atoms with Gasteiger partial charge in [-0.1, -0.05) is 6.07 Å². The van der Waals surface area contributed by atoms with Crippen LogP contribution in [-0.2, 0) is 21.1 Å². The van der Waals surface area contributed by atoms with Crippen LogP contribution in [0, 0.1) is 6.92 Å². The van der Waals surface area contributed by atoms with Crippen molar-refractivity contribution in [1.82, 2.24) is 0 Å². The normalized spacial score (nSPS) is 13.4. The predicted molar refractivity (Wildman–Crippen MR) is 63.6 cm³/mol. The van der Waals surface area contributed by atoms with E-state index in [0.29, 0.717) is 5.56 Å². The van der Waals surface area contributed by atoms with E-state index in [9.17, 15) is 13.2 Å². The van der Waals surface area contributed by atoms with Crippen LogP contribution in [0.4, 0.5) is 0 Å². The zero-order valence-corrected chi connectivity index (χ0v) is 10.5. The van der Waals surface area contributed by atoms with Gasteiger partial charge in [-0.25, -0.2) is 8.42 Å². The molecule has 0 heterocycles. The fourth-order valence-corrected chi connectivity index (χ4v) is 2.09. The van der Waals surface area contributed by atoms with Crippen molar-refractivity contribution < 1.29 is 18.3 Å². The zero-order chi connectivity index (χ0) is 13.2. The summed E-state index contributed by atoms with van der Waals surface area (Å²) in [5.74, 6) is -1.10. The molecule has 0 bridgehead atoms. The number of hydrogen-bond acceptors (Lipinski definition) is 4. The number of nitrogens with two attached hydrogens (primary N) is 1. The molecule has 94 valence electrons. The number of carbonyl (C=O) groups is 1. The van der Waals surface area contributed by atoms with Crippen LogP contribution in [0.5, 0.6) is 0 Å². The van der Waals surface area contributed by atoms with Gasteiger partial charge in [-0.2, -0.15) is 0 Å². The van der Waals surface area contributed by atoms with E-state index in [1.54, 1.807) is 13.0 Å². The second-order valence-corrected chi connectivity index (χ2v) is 6.03. The van der Waals surface area contributed by atoms with Crippen molar-refractivity contribution in [2.75, 3.05) is 6.26 Å². The summed E-state index contributed by atoms with van der Waals surface area (Å²) in [5.41, 5.74) is 6.90. The third kappa shape index (κ3) is 3.54. The van der Waals surface area contributed by atoms with Crippen LogP contribution in [0.2, 0.25) is 0 Å². The molecule has 17 heavy (non-hydrogen) atoms. The Morgan fingerprint density at radius 3 is 2.53 bits per heavy atom. The minimum Gasteiger partial charge on any atom is -0.480 e. The molecule has 1 unspecified atom stereocenters. The van der Waals surface area contributed by atoms with E-state index in [-0.39, 0.29) is 11.3 Å². The first-order valence-corrected chi connectivity index (χ1v) is 6.89. The average molecular weight is 257 g/mol. The molecule has 0 saturated carbocycles. The highest BCUT2D eigenvalue weighted by Gasteiger charge is 2.15. The van der Waals surface area contributed by atoms with E-state index in [0.717, 1.165) is 11.8 Å². The summed E-state index contributed by atoms with van der Waals surface area (Å²) in [6, 6.07) is 3.61. The largest absolute Gasteiger partial charge is 0.480 e. The van der Waals surface area contributed by atoms with Gasteiger partial charge in [0.25, 0.3) is 0 Å². The standard InChI is InChI=1S/C11H15NO4S/c1-7-3-4-9(17(2,15)16)5-8(7)6-10(12)11(13)14/h3-5,10H,6,12H2,1-2H3,(H,13,14). The lowest BCUT2D eigenvalue weighted by Gasteiger charge is -2.10. The summed E-state index contributed by atoms with van der Waals surface area (Å²) in [6.07, 6.45) is 1.23. The topological polar surface area (TPSA) is 97.5 Å². The Hall–Kier alpha value is -1.40. The van der Waals surface area contributed by atoms with Crippen molar-refractivity contribution in [3.63, 3.8) is 0 Å². The molecule has 0 aliphatic rings. The highest BCUT2D eigenvalue weighted by Crippen LogP contribution is 2.16. The second kappa shape index (κ2) is 4.85. The highest BCUT2D eigenvalue weighted by atomic mass is 32.2. The molecule has 0 aliphatic carbocycles. The first-order valence-electron chi connectivity index (χ1n) is 5.00. The zero-order valence-electron chi connectivity index (χ0n) is 9.67. The van der Waals surface area contributed by atoms with E-state index in [4.69, 9.17) is 10.8 Å². The number of sulfone groups is 1. The molecule has 1 atom stereocenters. The van der Waals surface area contributed by atoms with Crippen LogP contribution in [0.15, 0.2) is 23.1 Å². The second-order valence-electron chi connectivity index (χ2n) is 4.01. The van der Waals surface area contributed by atoms with Gasteiger partial charge in [0, 0.05) is 6.26 Å². The minimum absolute atomic E-state index is 0.116. The number of carboxylic acids is 1. The number of carboxylic acid groups (broad SMARTS) is 1. The SMILES string of the molecule is Cc1ccc(S(C)(=O)=O)cc1CC(N)C(=O)O. The summed E-state index contributed by atoms with van der Waals surface area (Å²) in [4.78, 5) is 10.8. The molecule has 0 saturated heterocycles. The van der Waals surface area contributed by atoms with Gasteiger partial charge in [-0.3, -0.25) is 4.79 Å². The van der Waals surface area contributed by atoms with Crippen LogP contribution in [0.3, 0.4) is 0 Å². The number of benzene rings is 1. The van der Waals surface area contributed by atoms with Crippen molar-refractivity contribution in [1.29, 1.82) is 0 Å². The van der Waals surface area contributed by atoms with Gasteiger partial charge in [0.1, 0.15) is 6.04 Å². The Kier molecular flexibility index (Phi) is 3.90. The lowest BCUT2D eigenvalue weighted by molar-refractivity contribution is -0.138. The molecule has 1 aromatic rings. The van der Waals surface area contributed by atoms with Gasteiger partial charge in [-0.05, 0) is 36.6 Å². The van der Waals surface area contributed by atoms with Crippen LogP contribution < -0.4 is 5.73 Å². The quantitative estimate of drug-likeness (QED) is 0.811. The molecule has 0 fully saturated rings.